The maximum Gasteiger partial charge on any atom is 0.229 e. The van der Waals surface area contributed by atoms with Crippen LogP contribution in [0.5, 0.6) is 0 Å². The Bertz CT molecular complexity index is 520. The average Bonchev–Trinajstić information content (AvgIpc) is 2.35. The largest absolute Gasteiger partial charge is 0.315 e. The van der Waals surface area contributed by atoms with Crippen LogP contribution >= 0.6 is 0 Å². The standard InChI is InChI=1S/C13H13N3O/c1-9(2)13(17)16(3)12-5-4-10(7-14)11(6-12)8-15/h4-6,9H,1-3H3. The number of amides is 1. The molecule has 17 heavy (non-hydrogen) atoms. The molecule has 0 aliphatic heterocycles. The van der Waals surface area contributed by atoms with Crippen molar-refractivity contribution in [1.82, 2.24) is 0 Å². The summed E-state index contributed by atoms with van der Waals surface area (Å²) < 4.78 is 0. The number of hydrogen-bond acceptors (Lipinski definition) is 3. The van der Waals surface area contributed by atoms with Crippen LogP contribution in [-0.2, 0) is 4.79 Å². The second kappa shape index (κ2) is 5.14. The van der Waals surface area contributed by atoms with E-state index < -0.39 is 0 Å². The minimum atomic E-state index is -0.110. The Morgan fingerprint density at radius 2 is 1.82 bits per heavy atom. The van der Waals surface area contributed by atoms with Crippen LogP contribution < -0.4 is 4.90 Å². The maximum absolute atomic E-state index is 11.8. The molecular formula is C13H13N3O. The molecule has 0 saturated heterocycles. The lowest BCUT2D eigenvalue weighted by atomic mass is 10.1. The molecular weight excluding hydrogens is 214 g/mol. The number of benzene rings is 1. The molecule has 1 aromatic carbocycles. The van der Waals surface area contributed by atoms with E-state index in [9.17, 15) is 4.79 Å². The second-order valence-electron chi connectivity index (χ2n) is 4.01. The van der Waals surface area contributed by atoms with Crippen LogP contribution in [0.2, 0.25) is 0 Å². The van der Waals surface area contributed by atoms with Gasteiger partial charge in [-0.25, -0.2) is 0 Å². The van der Waals surface area contributed by atoms with Crippen LogP contribution in [0.3, 0.4) is 0 Å². The van der Waals surface area contributed by atoms with E-state index in [1.54, 1.807) is 25.2 Å². The molecule has 0 atom stereocenters. The van der Waals surface area contributed by atoms with Gasteiger partial charge in [-0.1, -0.05) is 13.8 Å². The van der Waals surface area contributed by atoms with Crippen molar-refractivity contribution in [3.63, 3.8) is 0 Å². The molecule has 0 radical (unpaired) electrons. The van der Waals surface area contributed by atoms with Crippen LogP contribution in [0.4, 0.5) is 5.69 Å². The van der Waals surface area contributed by atoms with Crippen molar-refractivity contribution in [2.45, 2.75) is 13.8 Å². The number of rotatable bonds is 2. The Morgan fingerprint density at radius 3 is 2.29 bits per heavy atom. The van der Waals surface area contributed by atoms with E-state index in [2.05, 4.69) is 0 Å². The maximum atomic E-state index is 11.8. The average molecular weight is 227 g/mol. The van der Waals surface area contributed by atoms with Crippen molar-refractivity contribution < 1.29 is 4.79 Å². The summed E-state index contributed by atoms with van der Waals surface area (Å²) in [5.41, 5.74) is 1.23. The van der Waals surface area contributed by atoms with E-state index in [0.29, 0.717) is 11.3 Å². The summed E-state index contributed by atoms with van der Waals surface area (Å²) in [6.45, 7) is 3.63. The molecule has 0 spiro atoms. The fourth-order valence-electron chi connectivity index (χ4n) is 1.45. The Hall–Kier alpha value is -2.33. The molecule has 86 valence electrons. The van der Waals surface area contributed by atoms with Gasteiger partial charge < -0.3 is 4.90 Å². The summed E-state index contributed by atoms with van der Waals surface area (Å²) in [6, 6.07) is 8.66. The predicted octanol–water partition coefficient (Wildman–Crippen LogP) is 2.05. The Balaban J connectivity index is 3.14. The molecule has 0 aliphatic rings. The van der Waals surface area contributed by atoms with Gasteiger partial charge in [0.15, 0.2) is 0 Å². The first-order chi connectivity index (χ1) is 8.01. The van der Waals surface area contributed by atoms with E-state index >= 15 is 0 Å². The van der Waals surface area contributed by atoms with Gasteiger partial charge in [-0.15, -0.1) is 0 Å². The number of carbonyl (C=O) groups excluding carboxylic acids is 1. The lowest BCUT2D eigenvalue weighted by Crippen LogP contribution is -2.30. The van der Waals surface area contributed by atoms with E-state index in [1.807, 2.05) is 26.0 Å². The smallest absolute Gasteiger partial charge is 0.229 e. The zero-order valence-electron chi connectivity index (χ0n) is 10.1. The topological polar surface area (TPSA) is 67.9 Å². The SMILES string of the molecule is CC(C)C(=O)N(C)c1ccc(C#N)c(C#N)c1. The van der Waals surface area contributed by atoms with Gasteiger partial charge in [-0.2, -0.15) is 10.5 Å². The normalized spacial score (nSPS) is 9.53. The summed E-state index contributed by atoms with van der Waals surface area (Å²) in [6.07, 6.45) is 0. The highest BCUT2D eigenvalue weighted by Gasteiger charge is 2.15. The number of nitrogens with zero attached hydrogens (tertiary/aromatic N) is 3. The third-order valence-corrected chi connectivity index (χ3v) is 2.46. The Morgan fingerprint density at radius 1 is 1.24 bits per heavy atom. The van der Waals surface area contributed by atoms with Crippen molar-refractivity contribution in [2.75, 3.05) is 11.9 Å². The first kappa shape index (κ1) is 12.7. The van der Waals surface area contributed by atoms with Crippen molar-refractivity contribution >= 4 is 11.6 Å². The number of carbonyl (C=O) groups is 1. The Kier molecular flexibility index (Phi) is 3.85. The molecule has 1 aromatic rings. The van der Waals surface area contributed by atoms with Crippen LogP contribution in [0.15, 0.2) is 18.2 Å². The first-order valence-electron chi connectivity index (χ1n) is 5.23. The lowest BCUT2D eigenvalue weighted by molar-refractivity contribution is -0.121. The summed E-state index contributed by atoms with van der Waals surface area (Å²) >= 11 is 0. The number of nitriles is 2. The van der Waals surface area contributed by atoms with Gasteiger partial charge in [-0.3, -0.25) is 4.79 Å². The highest BCUT2D eigenvalue weighted by Crippen LogP contribution is 2.19. The molecule has 0 N–H and O–H groups in total. The zero-order valence-corrected chi connectivity index (χ0v) is 10.1. The van der Waals surface area contributed by atoms with Gasteiger partial charge >= 0.3 is 0 Å². The zero-order chi connectivity index (χ0) is 13.0. The van der Waals surface area contributed by atoms with Gasteiger partial charge in [-0.05, 0) is 18.2 Å². The number of anilines is 1. The molecule has 0 aliphatic carbocycles. The fourth-order valence-corrected chi connectivity index (χ4v) is 1.45. The molecule has 0 fully saturated rings. The minimum Gasteiger partial charge on any atom is -0.315 e. The van der Waals surface area contributed by atoms with E-state index in [4.69, 9.17) is 10.5 Å². The van der Waals surface area contributed by atoms with Crippen LogP contribution in [0.25, 0.3) is 0 Å². The van der Waals surface area contributed by atoms with E-state index in [0.717, 1.165) is 0 Å². The number of hydrogen-bond donors (Lipinski definition) is 0. The molecule has 4 heteroatoms. The monoisotopic (exact) mass is 227 g/mol. The lowest BCUT2D eigenvalue weighted by Gasteiger charge is -2.19. The first-order valence-corrected chi connectivity index (χ1v) is 5.23. The van der Waals surface area contributed by atoms with Crippen LogP contribution in [-0.4, -0.2) is 13.0 Å². The third kappa shape index (κ3) is 2.62. The fraction of sp³-hybridized carbons (Fsp3) is 0.308. The van der Waals surface area contributed by atoms with E-state index in [1.165, 1.54) is 4.90 Å². The van der Waals surface area contributed by atoms with Gasteiger partial charge in [0.2, 0.25) is 5.91 Å². The molecule has 0 unspecified atom stereocenters. The molecule has 0 bridgehead atoms. The predicted molar refractivity (Wildman–Crippen MR) is 64.1 cm³/mol. The summed E-state index contributed by atoms with van der Waals surface area (Å²) in [5, 5.41) is 17.7. The molecule has 0 aromatic heterocycles. The minimum absolute atomic E-state index is 0.0291. The summed E-state index contributed by atoms with van der Waals surface area (Å²) in [7, 11) is 1.66. The molecule has 4 nitrogen and oxygen atoms in total. The van der Waals surface area contributed by atoms with Crippen LogP contribution in [0.1, 0.15) is 25.0 Å². The third-order valence-electron chi connectivity index (χ3n) is 2.46. The highest BCUT2D eigenvalue weighted by atomic mass is 16.2. The second-order valence-corrected chi connectivity index (χ2v) is 4.01. The van der Waals surface area contributed by atoms with Gasteiger partial charge in [0, 0.05) is 18.7 Å². The molecule has 0 heterocycles. The van der Waals surface area contributed by atoms with Crippen molar-refractivity contribution in [3.05, 3.63) is 29.3 Å². The van der Waals surface area contributed by atoms with Crippen molar-refractivity contribution in [3.8, 4) is 12.1 Å². The molecule has 0 saturated carbocycles. The Labute approximate surface area is 101 Å². The van der Waals surface area contributed by atoms with E-state index in [-0.39, 0.29) is 17.4 Å². The van der Waals surface area contributed by atoms with Gasteiger partial charge in [0.25, 0.3) is 0 Å². The molecule has 1 amide bonds. The summed E-state index contributed by atoms with van der Waals surface area (Å²) in [4.78, 5) is 13.3. The van der Waals surface area contributed by atoms with Crippen molar-refractivity contribution in [2.24, 2.45) is 5.92 Å². The van der Waals surface area contributed by atoms with Gasteiger partial charge in [0.05, 0.1) is 11.1 Å². The molecule has 1 rings (SSSR count). The quantitative estimate of drug-likeness (QED) is 0.776. The van der Waals surface area contributed by atoms with Crippen LogP contribution in [0, 0.1) is 28.6 Å². The van der Waals surface area contributed by atoms with Gasteiger partial charge in [0.1, 0.15) is 12.1 Å². The van der Waals surface area contributed by atoms with Crippen molar-refractivity contribution in [1.29, 1.82) is 10.5 Å². The summed E-state index contributed by atoms with van der Waals surface area (Å²) in [5.74, 6) is -0.139. The highest BCUT2D eigenvalue weighted by molar-refractivity contribution is 5.94.